The molecule has 1 amide bonds. The van der Waals surface area contributed by atoms with Crippen molar-refractivity contribution in [1.82, 2.24) is 4.57 Å². The summed E-state index contributed by atoms with van der Waals surface area (Å²) in [7, 11) is 0. The first kappa shape index (κ1) is 16.0. The Balaban J connectivity index is 1.78. The van der Waals surface area contributed by atoms with Crippen LogP contribution in [0.4, 0.5) is 5.69 Å². The van der Waals surface area contributed by atoms with Crippen molar-refractivity contribution in [2.24, 2.45) is 10.2 Å². The third kappa shape index (κ3) is 2.54. The van der Waals surface area contributed by atoms with Crippen molar-refractivity contribution in [3.05, 3.63) is 72.3 Å². The number of carbonyl (C=O) groups excluding carboxylic acids is 1. The van der Waals surface area contributed by atoms with E-state index in [-0.39, 0.29) is 5.88 Å². The Bertz CT molecular complexity index is 1150. The summed E-state index contributed by atoms with van der Waals surface area (Å²) in [4.78, 5) is 12.6. The lowest BCUT2D eigenvalue weighted by atomic mass is 10.0. The van der Waals surface area contributed by atoms with Gasteiger partial charge in [-0.05, 0) is 29.8 Å². The van der Waals surface area contributed by atoms with Crippen LogP contribution >= 0.6 is 0 Å². The molecule has 0 saturated heterocycles. The van der Waals surface area contributed by atoms with Crippen LogP contribution < -0.4 is 0 Å². The molecule has 0 saturated carbocycles. The van der Waals surface area contributed by atoms with E-state index in [9.17, 15) is 9.90 Å². The number of aromatic nitrogens is 1. The SMILES string of the molecule is CCn1c(O)c(N=NC(=O)c2cccc3ccccc23)c2ccccc21. The second-order valence-corrected chi connectivity index (χ2v) is 5.97. The maximum absolute atomic E-state index is 12.6. The van der Waals surface area contributed by atoms with E-state index >= 15 is 0 Å². The van der Waals surface area contributed by atoms with E-state index in [1.54, 1.807) is 10.6 Å². The second-order valence-electron chi connectivity index (χ2n) is 5.97. The molecule has 128 valence electrons. The number of aryl methyl sites for hydroxylation is 1. The van der Waals surface area contributed by atoms with E-state index in [2.05, 4.69) is 10.2 Å². The molecular weight excluding hydrogens is 326 g/mol. The topological polar surface area (TPSA) is 66.9 Å². The molecule has 0 radical (unpaired) electrons. The minimum Gasteiger partial charge on any atom is -0.493 e. The van der Waals surface area contributed by atoms with Crippen molar-refractivity contribution < 1.29 is 9.90 Å². The van der Waals surface area contributed by atoms with Crippen LogP contribution in [0.3, 0.4) is 0 Å². The zero-order valence-electron chi connectivity index (χ0n) is 14.3. The molecular formula is C21H17N3O2. The number of hydrogen-bond donors (Lipinski definition) is 1. The van der Waals surface area contributed by atoms with Gasteiger partial charge in [-0.15, -0.1) is 10.2 Å². The van der Waals surface area contributed by atoms with Crippen LogP contribution in [-0.2, 0) is 6.54 Å². The smallest absolute Gasteiger partial charge is 0.296 e. The predicted octanol–water partition coefficient (Wildman–Crippen LogP) is 5.44. The summed E-state index contributed by atoms with van der Waals surface area (Å²) in [6.45, 7) is 2.54. The molecule has 26 heavy (non-hydrogen) atoms. The van der Waals surface area contributed by atoms with E-state index in [0.29, 0.717) is 17.8 Å². The highest BCUT2D eigenvalue weighted by Crippen LogP contribution is 2.38. The maximum Gasteiger partial charge on any atom is 0.296 e. The fraction of sp³-hybridized carbons (Fsp3) is 0.0952. The lowest BCUT2D eigenvalue weighted by Gasteiger charge is -2.02. The molecule has 0 atom stereocenters. The third-order valence-corrected chi connectivity index (χ3v) is 4.49. The van der Waals surface area contributed by atoms with Gasteiger partial charge in [0, 0.05) is 11.9 Å². The number of rotatable bonds is 3. The number of fused-ring (bicyclic) bond motifs is 2. The molecule has 0 aliphatic heterocycles. The predicted molar refractivity (Wildman–Crippen MR) is 102 cm³/mol. The van der Waals surface area contributed by atoms with Crippen LogP contribution in [-0.4, -0.2) is 15.6 Å². The zero-order chi connectivity index (χ0) is 18.1. The summed E-state index contributed by atoms with van der Waals surface area (Å²) in [6, 6.07) is 20.7. The summed E-state index contributed by atoms with van der Waals surface area (Å²) >= 11 is 0. The summed E-state index contributed by atoms with van der Waals surface area (Å²) < 4.78 is 1.74. The molecule has 0 aliphatic carbocycles. The molecule has 3 aromatic carbocycles. The van der Waals surface area contributed by atoms with E-state index in [1.807, 2.05) is 67.6 Å². The van der Waals surface area contributed by atoms with E-state index in [0.717, 1.165) is 21.7 Å². The molecule has 5 heteroatoms. The highest BCUT2D eigenvalue weighted by atomic mass is 16.3. The third-order valence-electron chi connectivity index (χ3n) is 4.49. The average Bonchev–Trinajstić information content (AvgIpc) is 2.96. The fourth-order valence-corrected chi connectivity index (χ4v) is 3.25. The van der Waals surface area contributed by atoms with Gasteiger partial charge in [0.2, 0.25) is 5.88 Å². The van der Waals surface area contributed by atoms with Gasteiger partial charge >= 0.3 is 0 Å². The summed E-state index contributed by atoms with van der Waals surface area (Å²) in [6.07, 6.45) is 0. The Hall–Kier alpha value is -3.47. The van der Waals surface area contributed by atoms with Crippen molar-refractivity contribution in [3.63, 3.8) is 0 Å². The van der Waals surface area contributed by atoms with Gasteiger partial charge in [-0.2, -0.15) is 0 Å². The van der Waals surface area contributed by atoms with Crippen molar-refractivity contribution in [2.45, 2.75) is 13.5 Å². The lowest BCUT2D eigenvalue weighted by molar-refractivity contribution is 0.0996. The van der Waals surface area contributed by atoms with E-state index in [4.69, 9.17) is 0 Å². The minimum atomic E-state index is -0.436. The molecule has 1 heterocycles. The average molecular weight is 343 g/mol. The maximum atomic E-state index is 12.6. The van der Waals surface area contributed by atoms with Crippen LogP contribution in [0.15, 0.2) is 77.0 Å². The number of azo groups is 1. The Morgan fingerprint density at radius 2 is 1.65 bits per heavy atom. The summed E-state index contributed by atoms with van der Waals surface area (Å²) in [5.41, 5.74) is 1.67. The number of aromatic hydroxyl groups is 1. The molecule has 4 rings (SSSR count). The van der Waals surface area contributed by atoms with E-state index in [1.165, 1.54) is 0 Å². The monoisotopic (exact) mass is 343 g/mol. The highest BCUT2D eigenvalue weighted by molar-refractivity contribution is 6.07. The van der Waals surface area contributed by atoms with Crippen LogP contribution in [0.25, 0.3) is 21.7 Å². The fourth-order valence-electron chi connectivity index (χ4n) is 3.25. The Morgan fingerprint density at radius 1 is 0.962 bits per heavy atom. The van der Waals surface area contributed by atoms with Crippen molar-refractivity contribution in [2.75, 3.05) is 0 Å². The summed E-state index contributed by atoms with van der Waals surface area (Å²) in [5.74, 6) is -0.419. The lowest BCUT2D eigenvalue weighted by Crippen LogP contribution is -1.95. The highest BCUT2D eigenvalue weighted by Gasteiger charge is 2.16. The minimum absolute atomic E-state index is 0.0168. The van der Waals surface area contributed by atoms with Gasteiger partial charge in [0.05, 0.1) is 11.1 Å². The van der Waals surface area contributed by atoms with Gasteiger partial charge < -0.3 is 9.67 Å². The first-order chi connectivity index (χ1) is 12.7. The number of para-hydroxylation sites is 1. The van der Waals surface area contributed by atoms with Crippen molar-refractivity contribution >= 4 is 33.3 Å². The van der Waals surface area contributed by atoms with Gasteiger partial charge in [-0.1, -0.05) is 54.6 Å². The zero-order valence-corrected chi connectivity index (χ0v) is 14.3. The Kier molecular flexibility index (Phi) is 3.97. The quantitative estimate of drug-likeness (QED) is 0.503. The second kappa shape index (κ2) is 6.44. The number of amides is 1. The molecule has 5 nitrogen and oxygen atoms in total. The van der Waals surface area contributed by atoms with Gasteiger partial charge in [0.25, 0.3) is 5.91 Å². The molecule has 1 aromatic heterocycles. The van der Waals surface area contributed by atoms with Crippen molar-refractivity contribution in [1.29, 1.82) is 0 Å². The summed E-state index contributed by atoms with van der Waals surface area (Å²) in [5, 5.41) is 21.0. The van der Waals surface area contributed by atoms with Crippen LogP contribution in [0.2, 0.25) is 0 Å². The van der Waals surface area contributed by atoms with Gasteiger partial charge in [0.1, 0.15) is 0 Å². The van der Waals surface area contributed by atoms with Gasteiger partial charge in [-0.3, -0.25) is 4.79 Å². The normalized spacial score (nSPS) is 11.6. The Labute approximate surface area is 150 Å². The van der Waals surface area contributed by atoms with Gasteiger partial charge in [-0.25, -0.2) is 0 Å². The molecule has 4 aromatic rings. The largest absolute Gasteiger partial charge is 0.493 e. The number of hydrogen-bond acceptors (Lipinski definition) is 3. The molecule has 0 spiro atoms. The standard InChI is InChI=1S/C21H17N3O2/c1-2-24-18-13-6-5-11-17(18)19(21(24)26)22-23-20(25)16-12-7-9-14-8-3-4-10-15(14)16/h3-13,26H,2H2,1H3. The first-order valence-electron chi connectivity index (χ1n) is 8.44. The van der Waals surface area contributed by atoms with Crippen LogP contribution in [0, 0.1) is 0 Å². The first-order valence-corrected chi connectivity index (χ1v) is 8.44. The Morgan fingerprint density at radius 3 is 2.46 bits per heavy atom. The van der Waals surface area contributed by atoms with Crippen molar-refractivity contribution in [3.8, 4) is 5.88 Å². The molecule has 1 N–H and O–H groups in total. The van der Waals surface area contributed by atoms with E-state index < -0.39 is 5.91 Å². The number of nitrogens with zero attached hydrogens (tertiary/aromatic N) is 3. The number of benzene rings is 3. The molecule has 0 unspecified atom stereocenters. The molecule has 0 bridgehead atoms. The van der Waals surface area contributed by atoms with Crippen LogP contribution in [0.1, 0.15) is 17.3 Å². The number of carbonyl (C=O) groups is 1. The molecule has 0 fully saturated rings. The van der Waals surface area contributed by atoms with Crippen LogP contribution in [0.5, 0.6) is 5.88 Å². The molecule has 0 aliphatic rings. The van der Waals surface area contributed by atoms with Gasteiger partial charge in [0.15, 0.2) is 5.69 Å².